The molecule has 2 aliphatic rings. The van der Waals surface area contributed by atoms with Crippen molar-refractivity contribution in [1.29, 1.82) is 0 Å². The fourth-order valence-corrected chi connectivity index (χ4v) is 3.31. The molecule has 0 radical (unpaired) electrons. The Hall–Kier alpha value is -0.0400. The highest BCUT2D eigenvalue weighted by molar-refractivity contribution is 5.06. The summed E-state index contributed by atoms with van der Waals surface area (Å²) in [6.07, 6.45) is 3.50. The molecule has 1 N–H and O–H groups in total. The molecule has 1 heteroatoms. The van der Waals surface area contributed by atoms with Gasteiger partial charge in [0.2, 0.25) is 0 Å². The van der Waals surface area contributed by atoms with E-state index in [0.717, 1.165) is 12.3 Å². The first kappa shape index (κ1) is 7.60. The van der Waals surface area contributed by atoms with Gasteiger partial charge in [0.15, 0.2) is 0 Å². The van der Waals surface area contributed by atoms with Crippen molar-refractivity contribution in [2.24, 2.45) is 16.7 Å². The van der Waals surface area contributed by atoms with Gasteiger partial charge in [-0.05, 0) is 36.0 Å². The molecule has 0 aromatic carbocycles. The number of aliphatic hydroxyl groups is 1. The number of hydrogen-bond acceptors (Lipinski definition) is 1. The topological polar surface area (TPSA) is 20.2 Å². The van der Waals surface area contributed by atoms with Gasteiger partial charge in [-0.3, -0.25) is 0 Å². The summed E-state index contributed by atoms with van der Waals surface area (Å²) in [6.45, 7) is 6.93. The van der Waals surface area contributed by atoms with Crippen LogP contribution in [0, 0.1) is 16.7 Å². The molecule has 0 unspecified atom stereocenters. The van der Waals surface area contributed by atoms with Crippen LogP contribution in [0.4, 0.5) is 0 Å². The molecule has 0 heterocycles. The van der Waals surface area contributed by atoms with Crippen LogP contribution in [0.25, 0.3) is 0 Å². The van der Waals surface area contributed by atoms with E-state index in [0.29, 0.717) is 5.41 Å². The maximum Gasteiger partial charge on any atom is 0.0596 e. The summed E-state index contributed by atoms with van der Waals surface area (Å²) >= 11 is 0. The molecular formula is C10H18O. The van der Waals surface area contributed by atoms with Crippen molar-refractivity contribution in [2.75, 3.05) is 0 Å². The summed E-state index contributed by atoms with van der Waals surface area (Å²) in [7, 11) is 0. The Bertz CT molecular complexity index is 185. The maximum absolute atomic E-state index is 9.71. The van der Waals surface area contributed by atoms with Crippen LogP contribution < -0.4 is 0 Å². The first-order chi connectivity index (χ1) is 4.94. The molecule has 0 aliphatic heterocycles. The molecule has 2 aliphatic carbocycles. The summed E-state index contributed by atoms with van der Waals surface area (Å²) in [6, 6.07) is 0. The Morgan fingerprint density at radius 3 is 2.18 bits per heavy atom. The highest BCUT2D eigenvalue weighted by atomic mass is 16.3. The molecule has 1 nitrogen and oxygen atoms in total. The van der Waals surface area contributed by atoms with Crippen LogP contribution in [0.1, 0.15) is 40.0 Å². The largest absolute Gasteiger partial charge is 0.393 e. The first-order valence-corrected chi connectivity index (χ1v) is 4.62. The van der Waals surface area contributed by atoms with Crippen LogP contribution in [0.15, 0.2) is 0 Å². The molecule has 0 amide bonds. The zero-order chi connectivity index (χ0) is 8.28. The Morgan fingerprint density at radius 2 is 1.91 bits per heavy atom. The molecule has 2 fully saturated rings. The molecule has 2 bridgehead atoms. The monoisotopic (exact) mass is 154 g/mol. The van der Waals surface area contributed by atoms with E-state index in [9.17, 15) is 5.11 Å². The molecule has 2 saturated carbocycles. The van der Waals surface area contributed by atoms with Crippen molar-refractivity contribution in [3.63, 3.8) is 0 Å². The highest BCUT2D eigenvalue weighted by Gasteiger charge is 2.56. The minimum atomic E-state index is -0.0134. The fraction of sp³-hybridized carbons (Fsp3) is 1.00. The average Bonchev–Trinajstić information content (AvgIpc) is 2.16. The zero-order valence-electron chi connectivity index (χ0n) is 7.72. The molecule has 0 saturated heterocycles. The van der Waals surface area contributed by atoms with E-state index >= 15 is 0 Å². The van der Waals surface area contributed by atoms with Gasteiger partial charge in [0.25, 0.3) is 0 Å². The molecule has 0 spiro atoms. The minimum absolute atomic E-state index is 0.0134. The van der Waals surface area contributed by atoms with Gasteiger partial charge >= 0.3 is 0 Å². The Morgan fingerprint density at radius 1 is 1.27 bits per heavy atom. The fourth-order valence-electron chi connectivity index (χ4n) is 3.31. The highest BCUT2D eigenvalue weighted by Crippen LogP contribution is 2.62. The van der Waals surface area contributed by atoms with Crippen molar-refractivity contribution < 1.29 is 5.11 Å². The lowest BCUT2D eigenvalue weighted by Crippen LogP contribution is -2.33. The molecule has 2 rings (SSSR count). The van der Waals surface area contributed by atoms with E-state index in [1.165, 1.54) is 12.8 Å². The minimum Gasteiger partial charge on any atom is -0.393 e. The van der Waals surface area contributed by atoms with Crippen LogP contribution in [0.5, 0.6) is 0 Å². The predicted octanol–water partition coefficient (Wildman–Crippen LogP) is 2.19. The molecule has 64 valence electrons. The van der Waals surface area contributed by atoms with Gasteiger partial charge in [-0.2, -0.15) is 0 Å². The van der Waals surface area contributed by atoms with Crippen LogP contribution >= 0.6 is 0 Å². The van der Waals surface area contributed by atoms with Crippen molar-refractivity contribution in [3.8, 4) is 0 Å². The van der Waals surface area contributed by atoms with Crippen LogP contribution in [-0.2, 0) is 0 Å². The second-order valence-electron chi connectivity index (χ2n) is 5.47. The molecule has 11 heavy (non-hydrogen) atoms. The Balaban J connectivity index is 2.27. The standard InChI is InChI=1S/C10H18O/c1-9(2)6-10(3)5-7(9)4-8(10)11/h7-8,11H,4-6H2,1-3H3/t7-,8+,10+/m0/s1. The molecule has 3 atom stereocenters. The van der Waals surface area contributed by atoms with Gasteiger partial charge < -0.3 is 5.11 Å². The number of hydrogen-bond donors (Lipinski definition) is 1. The third-order valence-electron chi connectivity index (χ3n) is 3.99. The number of rotatable bonds is 0. The summed E-state index contributed by atoms with van der Waals surface area (Å²) < 4.78 is 0. The van der Waals surface area contributed by atoms with Crippen LogP contribution in [0.3, 0.4) is 0 Å². The first-order valence-electron chi connectivity index (χ1n) is 4.62. The third-order valence-corrected chi connectivity index (χ3v) is 3.99. The molecule has 0 aromatic rings. The number of aliphatic hydroxyl groups excluding tert-OH is 1. The van der Waals surface area contributed by atoms with E-state index in [1.54, 1.807) is 0 Å². The Labute approximate surface area is 68.8 Å². The Kier molecular flexibility index (Phi) is 1.26. The molecular weight excluding hydrogens is 136 g/mol. The predicted molar refractivity (Wildman–Crippen MR) is 45.2 cm³/mol. The quantitative estimate of drug-likeness (QED) is 0.567. The van der Waals surface area contributed by atoms with Crippen molar-refractivity contribution >= 4 is 0 Å². The van der Waals surface area contributed by atoms with Gasteiger partial charge in [-0.1, -0.05) is 20.8 Å². The zero-order valence-corrected chi connectivity index (χ0v) is 7.72. The van der Waals surface area contributed by atoms with Crippen molar-refractivity contribution in [2.45, 2.75) is 46.1 Å². The van der Waals surface area contributed by atoms with E-state index in [1.807, 2.05) is 0 Å². The second-order valence-corrected chi connectivity index (χ2v) is 5.47. The van der Waals surface area contributed by atoms with Crippen molar-refractivity contribution in [3.05, 3.63) is 0 Å². The van der Waals surface area contributed by atoms with Gasteiger partial charge in [-0.25, -0.2) is 0 Å². The van der Waals surface area contributed by atoms with Gasteiger partial charge in [0, 0.05) is 0 Å². The van der Waals surface area contributed by atoms with Gasteiger partial charge in [0.05, 0.1) is 6.10 Å². The maximum atomic E-state index is 9.71. The third kappa shape index (κ3) is 0.868. The van der Waals surface area contributed by atoms with E-state index in [4.69, 9.17) is 0 Å². The van der Waals surface area contributed by atoms with E-state index < -0.39 is 0 Å². The lowest BCUT2D eigenvalue weighted by atomic mass is 9.71. The van der Waals surface area contributed by atoms with Crippen LogP contribution in [-0.4, -0.2) is 11.2 Å². The molecule has 0 aromatic heterocycles. The lowest BCUT2D eigenvalue weighted by Gasteiger charge is -2.36. The second kappa shape index (κ2) is 1.82. The smallest absolute Gasteiger partial charge is 0.0596 e. The van der Waals surface area contributed by atoms with E-state index in [-0.39, 0.29) is 11.5 Å². The van der Waals surface area contributed by atoms with Gasteiger partial charge in [-0.15, -0.1) is 0 Å². The normalized spacial score (nSPS) is 53.5. The number of fused-ring (bicyclic) bond motifs is 2. The summed E-state index contributed by atoms with van der Waals surface area (Å²) in [5.74, 6) is 0.780. The van der Waals surface area contributed by atoms with Crippen LogP contribution in [0.2, 0.25) is 0 Å². The average molecular weight is 154 g/mol. The summed E-state index contributed by atoms with van der Waals surface area (Å²) in [5.41, 5.74) is 0.752. The summed E-state index contributed by atoms with van der Waals surface area (Å²) in [5, 5.41) is 9.71. The van der Waals surface area contributed by atoms with Crippen molar-refractivity contribution in [1.82, 2.24) is 0 Å². The van der Waals surface area contributed by atoms with Gasteiger partial charge in [0.1, 0.15) is 0 Å². The van der Waals surface area contributed by atoms with E-state index in [2.05, 4.69) is 20.8 Å². The lowest BCUT2D eigenvalue weighted by molar-refractivity contribution is 0.0173. The SMILES string of the molecule is CC1(C)C[C@@]2(C)C[C@@H]1C[C@H]2O. The summed E-state index contributed by atoms with van der Waals surface area (Å²) in [4.78, 5) is 0.